The first-order chi connectivity index (χ1) is 11.1. The molecule has 3 rings (SSSR count). The number of hydrogen-bond acceptors (Lipinski definition) is 0. The maximum absolute atomic E-state index is 2.52. The van der Waals surface area contributed by atoms with Crippen LogP contribution in [0.4, 0.5) is 0 Å². The first-order valence-electron chi connectivity index (χ1n) is 8.75. The fourth-order valence-corrected chi connectivity index (χ4v) is 8.59. The summed E-state index contributed by atoms with van der Waals surface area (Å²) in [7, 11) is 0.0106. The molecule has 2 heteroatoms. The van der Waals surface area contributed by atoms with Crippen LogP contribution in [0.25, 0.3) is 6.08 Å². The molecule has 23 heavy (non-hydrogen) atoms. The Bertz CT molecular complexity index is 679. The van der Waals surface area contributed by atoms with Crippen molar-refractivity contribution < 1.29 is 19.2 Å². The van der Waals surface area contributed by atoms with Crippen LogP contribution in [-0.2, 0) is 19.2 Å². The summed E-state index contributed by atoms with van der Waals surface area (Å²) in [5.41, 5.74) is 6.40. The van der Waals surface area contributed by atoms with E-state index in [1.165, 1.54) is 31.2 Å². The van der Waals surface area contributed by atoms with Crippen LogP contribution in [0.2, 0.25) is 0 Å². The fourth-order valence-electron chi connectivity index (χ4n) is 3.57. The number of benzene rings is 1. The van der Waals surface area contributed by atoms with Crippen molar-refractivity contribution >= 4 is 14.0 Å². The molecule has 2 aliphatic carbocycles. The fraction of sp³-hybridized carbons (Fsp3) is 0.429. The summed E-state index contributed by atoms with van der Waals surface area (Å²) >= 11 is -0.113. The van der Waals surface area contributed by atoms with Gasteiger partial charge in [0.05, 0.1) is 0 Å². The Balaban J connectivity index is 1.82. The summed E-state index contributed by atoms with van der Waals surface area (Å²) in [5, 5.41) is 1.74. The Hall–Kier alpha value is -0.416. The van der Waals surface area contributed by atoms with E-state index >= 15 is 0 Å². The molecular weight excluding hydrogens is 331 g/mol. The van der Waals surface area contributed by atoms with Gasteiger partial charge in [-0.05, 0) is 0 Å². The molecular formula is C21H27PTi. The Labute approximate surface area is 151 Å². The van der Waals surface area contributed by atoms with Crippen molar-refractivity contribution in [1.82, 2.24) is 0 Å². The van der Waals surface area contributed by atoms with Gasteiger partial charge in [0.2, 0.25) is 0 Å². The van der Waals surface area contributed by atoms with Crippen molar-refractivity contribution in [2.24, 2.45) is 0 Å². The standard InChI is InChI=1S/C11H12P.C10H15.Ti/c1-12(2)11-7-9-5-3-4-6-10(9)8-11;1-3-4-7-10-8-5-6-9(10)2;/h3-8H,1-2H3;8H,3-5,7H2,1-2H3;. The van der Waals surface area contributed by atoms with Crippen LogP contribution in [0, 0.1) is 0 Å². The molecule has 1 atom stereocenters. The molecule has 1 unspecified atom stereocenters. The van der Waals surface area contributed by atoms with Crippen molar-refractivity contribution in [3.05, 3.63) is 61.8 Å². The van der Waals surface area contributed by atoms with Crippen molar-refractivity contribution in [3.63, 3.8) is 0 Å². The monoisotopic (exact) mass is 358 g/mol. The van der Waals surface area contributed by atoms with Crippen LogP contribution in [0.5, 0.6) is 0 Å². The topological polar surface area (TPSA) is 0 Å². The predicted molar refractivity (Wildman–Crippen MR) is 101 cm³/mol. The SMILES string of the molecule is CCCCC1=CC[C]([Ti][CH]2C(P(C)C)=Cc3ccccc32)=C1C. The van der Waals surface area contributed by atoms with Crippen molar-refractivity contribution in [2.75, 3.05) is 13.3 Å². The van der Waals surface area contributed by atoms with Gasteiger partial charge in [-0.15, -0.1) is 0 Å². The van der Waals surface area contributed by atoms with Gasteiger partial charge in [0.15, 0.2) is 0 Å². The van der Waals surface area contributed by atoms with Gasteiger partial charge in [-0.3, -0.25) is 0 Å². The Kier molecular flexibility index (Phi) is 5.79. The van der Waals surface area contributed by atoms with Gasteiger partial charge in [0, 0.05) is 0 Å². The van der Waals surface area contributed by atoms with E-state index in [1.54, 1.807) is 25.9 Å². The normalized spacial score (nSPS) is 20.0. The zero-order chi connectivity index (χ0) is 16.4. The first kappa shape index (κ1) is 17.4. The second-order valence-electron chi connectivity index (χ2n) is 6.81. The van der Waals surface area contributed by atoms with E-state index in [4.69, 9.17) is 0 Å². The molecule has 0 saturated heterocycles. The number of rotatable bonds is 6. The Morgan fingerprint density at radius 1 is 1.22 bits per heavy atom. The third kappa shape index (κ3) is 3.66. The third-order valence-electron chi connectivity index (χ3n) is 5.03. The molecule has 0 amide bonds. The second kappa shape index (κ2) is 7.65. The summed E-state index contributed by atoms with van der Waals surface area (Å²) < 4.78 is 2.55. The molecule has 0 aliphatic heterocycles. The van der Waals surface area contributed by atoms with E-state index < -0.39 is 0 Å². The summed E-state index contributed by atoms with van der Waals surface area (Å²) in [5.74, 6) is 0. The van der Waals surface area contributed by atoms with Gasteiger partial charge in [-0.25, -0.2) is 0 Å². The van der Waals surface area contributed by atoms with Crippen LogP contribution < -0.4 is 0 Å². The maximum atomic E-state index is 2.52. The van der Waals surface area contributed by atoms with E-state index in [-0.39, 0.29) is 27.1 Å². The average Bonchev–Trinajstić information content (AvgIpc) is 3.08. The van der Waals surface area contributed by atoms with E-state index in [0.717, 1.165) is 4.22 Å². The van der Waals surface area contributed by atoms with Crippen LogP contribution >= 0.6 is 7.92 Å². The zero-order valence-corrected chi connectivity index (χ0v) is 17.3. The minimum absolute atomic E-state index is 0.0106. The van der Waals surface area contributed by atoms with Gasteiger partial charge >= 0.3 is 152 Å². The number of allylic oxidation sites excluding steroid dienone is 5. The Morgan fingerprint density at radius 3 is 2.74 bits per heavy atom. The molecule has 0 radical (unpaired) electrons. The van der Waals surface area contributed by atoms with Gasteiger partial charge < -0.3 is 0 Å². The van der Waals surface area contributed by atoms with Crippen LogP contribution in [-0.4, -0.2) is 13.3 Å². The molecule has 2 aliphatic rings. The summed E-state index contributed by atoms with van der Waals surface area (Å²) in [4.78, 5) is 0. The van der Waals surface area contributed by atoms with Crippen molar-refractivity contribution in [1.29, 1.82) is 0 Å². The van der Waals surface area contributed by atoms with Gasteiger partial charge in [-0.1, -0.05) is 0 Å². The molecule has 0 aromatic heterocycles. The molecule has 0 fully saturated rings. The van der Waals surface area contributed by atoms with Crippen molar-refractivity contribution in [3.8, 4) is 0 Å². The van der Waals surface area contributed by atoms with Crippen LogP contribution in [0.15, 0.2) is 50.7 Å². The summed E-state index contributed by atoms with van der Waals surface area (Å²) in [6, 6.07) is 9.10. The van der Waals surface area contributed by atoms with Crippen LogP contribution in [0.1, 0.15) is 54.9 Å². The van der Waals surface area contributed by atoms with E-state index in [2.05, 4.69) is 63.6 Å². The van der Waals surface area contributed by atoms with Crippen LogP contribution in [0.3, 0.4) is 0 Å². The minimum atomic E-state index is -0.113. The molecule has 1 aromatic rings. The number of hydrogen-bond donors (Lipinski definition) is 0. The number of fused-ring (bicyclic) bond motifs is 1. The molecule has 0 spiro atoms. The Morgan fingerprint density at radius 2 is 2.00 bits per heavy atom. The van der Waals surface area contributed by atoms with E-state index in [9.17, 15) is 0 Å². The average molecular weight is 358 g/mol. The number of unbranched alkanes of at least 4 members (excludes halogenated alkanes) is 1. The summed E-state index contributed by atoms with van der Waals surface area (Å²) in [6.07, 6.45) is 10.2. The molecule has 120 valence electrons. The summed E-state index contributed by atoms with van der Waals surface area (Å²) in [6.45, 7) is 9.53. The van der Waals surface area contributed by atoms with E-state index in [1.807, 2.05) is 0 Å². The van der Waals surface area contributed by atoms with Gasteiger partial charge in [-0.2, -0.15) is 0 Å². The predicted octanol–water partition coefficient (Wildman–Crippen LogP) is 6.70. The van der Waals surface area contributed by atoms with E-state index in [0.29, 0.717) is 0 Å². The molecule has 0 bridgehead atoms. The first-order valence-corrected chi connectivity index (χ1v) is 12.7. The second-order valence-corrected chi connectivity index (χ2v) is 11.4. The molecule has 0 N–H and O–H groups in total. The quantitative estimate of drug-likeness (QED) is 0.392. The molecule has 0 nitrogen and oxygen atoms in total. The third-order valence-corrected chi connectivity index (χ3v) is 9.70. The molecule has 0 heterocycles. The van der Waals surface area contributed by atoms with Crippen molar-refractivity contribution in [2.45, 2.75) is 43.8 Å². The van der Waals surface area contributed by atoms with Gasteiger partial charge in [0.25, 0.3) is 0 Å². The molecule has 0 saturated carbocycles. The van der Waals surface area contributed by atoms with Gasteiger partial charge in [0.1, 0.15) is 0 Å². The zero-order valence-electron chi connectivity index (χ0n) is 14.8. The molecule has 1 aromatic carbocycles.